The minimum atomic E-state index is 0.669. The van der Waals surface area contributed by atoms with Crippen LogP contribution in [0.15, 0.2) is 54.7 Å². The summed E-state index contributed by atoms with van der Waals surface area (Å²) in [6, 6.07) is 15.5. The number of halogens is 2. The Morgan fingerprint density at radius 3 is 2.61 bits per heavy atom. The maximum Gasteiger partial charge on any atom is 0.0702 e. The van der Waals surface area contributed by atoms with Crippen LogP contribution in [0, 0.1) is 0 Å². The molecule has 1 nitrogen and oxygen atoms in total. The van der Waals surface area contributed by atoms with Gasteiger partial charge in [-0.15, -0.1) is 0 Å². The van der Waals surface area contributed by atoms with Crippen LogP contribution in [-0.2, 0) is 0 Å². The molecule has 18 heavy (non-hydrogen) atoms. The number of rotatable bonds is 1. The quantitative estimate of drug-likeness (QED) is 0.593. The van der Waals surface area contributed by atoms with E-state index in [0.29, 0.717) is 10.0 Å². The molecule has 0 spiro atoms. The van der Waals surface area contributed by atoms with Crippen molar-refractivity contribution in [3.8, 4) is 11.1 Å². The van der Waals surface area contributed by atoms with Gasteiger partial charge in [-0.3, -0.25) is 4.98 Å². The first-order chi connectivity index (χ1) is 8.74. The standard InChI is InChI=1S/C15H9Cl2N/c16-12-5-6-14(17)13(8-12)11-7-10-3-1-2-4-15(10)18-9-11/h1-9H. The van der Waals surface area contributed by atoms with E-state index < -0.39 is 0 Å². The molecule has 0 saturated heterocycles. The van der Waals surface area contributed by atoms with Crippen LogP contribution in [0.3, 0.4) is 0 Å². The lowest BCUT2D eigenvalue weighted by molar-refractivity contribution is 1.41. The summed E-state index contributed by atoms with van der Waals surface area (Å²) in [5, 5.41) is 2.44. The molecule has 0 amide bonds. The average Bonchev–Trinajstić information content (AvgIpc) is 2.41. The number of hydrogen-bond donors (Lipinski definition) is 0. The molecule has 0 aliphatic carbocycles. The molecule has 3 aromatic rings. The van der Waals surface area contributed by atoms with Crippen molar-refractivity contribution < 1.29 is 0 Å². The van der Waals surface area contributed by atoms with E-state index in [1.807, 2.05) is 36.5 Å². The zero-order valence-corrected chi connectivity index (χ0v) is 10.9. The number of aromatic nitrogens is 1. The topological polar surface area (TPSA) is 12.9 Å². The molecule has 1 aromatic heterocycles. The van der Waals surface area contributed by atoms with Crippen LogP contribution in [0.2, 0.25) is 10.0 Å². The van der Waals surface area contributed by atoms with Gasteiger partial charge in [-0.2, -0.15) is 0 Å². The fourth-order valence-corrected chi connectivity index (χ4v) is 2.34. The van der Waals surface area contributed by atoms with Crippen molar-refractivity contribution in [2.24, 2.45) is 0 Å². The minimum absolute atomic E-state index is 0.669. The van der Waals surface area contributed by atoms with Crippen LogP contribution in [0.1, 0.15) is 0 Å². The highest BCUT2D eigenvalue weighted by molar-refractivity contribution is 6.35. The third-order valence-corrected chi connectivity index (χ3v) is 3.39. The molecule has 88 valence electrons. The van der Waals surface area contributed by atoms with E-state index in [1.54, 1.807) is 12.1 Å². The highest BCUT2D eigenvalue weighted by Gasteiger charge is 2.05. The van der Waals surface area contributed by atoms with Crippen LogP contribution in [0.25, 0.3) is 22.0 Å². The van der Waals surface area contributed by atoms with E-state index in [4.69, 9.17) is 23.2 Å². The molecule has 0 unspecified atom stereocenters. The van der Waals surface area contributed by atoms with Crippen molar-refractivity contribution in [3.05, 3.63) is 64.8 Å². The van der Waals surface area contributed by atoms with E-state index in [0.717, 1.165) is 22.0 Å². The first-order valence-electron chi connectivity index (χ1n) is 5.54. The first kappa shape index (κ1) is 11.5. The van der Waals surface area contributed by atoms with Crippen LogP contribution in [-0.4, -0.2) is 4.98 Å². The molecule has 3 heteroatoms. The Morgan fingerprint density at radius 1 is 0.889 bits per heavy atom. The molecular formula is C15H9Cl2N. The zero-order valence-electron chi connectivity index (χ0n) is 9.40. The van der Waals surface area contributed by atoms with Gasteiger partial charge in [0, 0.05) is 32.8 Å². The SMILES string of the molecule is Clc1ccc(Cl)c(-c2cnc3ccccc3c2)c1. The fourth-order valence-electron chi connectivity index (χ4n) is 1.94. The molecule has 0 radical (unpaired) electrons. The van der Waals surface area contributed by atoms with Crippen molar-refractivity contribution in [1.29, 1.82) is 0 Å². The Balaban J connectivity index is 2.22. The minimum Gasteiger partial charge on any atom is -0.256 e. The summed E-state index contributed by atoms with van der Waals surface area (Å²) in [6.45, 7) is 0. The van der Waals surface area contributed by atoms with Gasteiger partial charge in [0.05, 0.1) is 5.52 Å². The molecule has 0 N–H and O–H groups in total. The number of benzene rings is 2. The summed E-state index contributed by atoms with van der Waals surface area (Å²) in [7, 11) is 0. The summed E-state index contributed by atoms with van der Waals surface area (Å²) in [5.41, 5.74) is 2.85. The van der Waals surface area contributed by atoms with Crippen molar-refractivity contribution >= 4 is 34.1 Å². The molecule has 0 aliphatic heterocycles. The Kier molecular flexibility index (Phi) is 2.94. The van der Waals surface area contributed by atoms with Crippen molar-refractivity contribution in [2.75, 3.05) is 0 Å². The highest BCUT2D eigenvalue weighted by atomic mass is 35.5. The second kappa shape index (κ2) is 4.60. The smallest absolute Gasteiger partial charge is 0.0702 e. The monoisotopic (exact) mass is 273 g/mol. The number of pyridine rings is 1. The van der Waals surface area contributed by atoms with Gasteiger partial charge in [0.15, 0.2) is 0 Å². The second-order valence-electron chi connectivity index (χ2n) is 4.04. The maximum atomic E-state index is 6.20. The third-order valence-electron chi connectivity index (χ3n) is 2.83. The normalized spacial score (nSPS) is 10.8. The van der Waals surface area contributed by atoms with Gasteiger partial charge < -0.3 is 0 Å². The lowest BCUT2D eigenvalue weighted by atomic mass is 10.1. The summed E-state index contributed by atoms with van der Waals surface area (Å²) in [6.07, 6.45) is 1.82. The Hall–Kier alpha value is -1.57. The van der Waals surface area contributed by atoms with Gasteiger partial charge in [-0.05, 0) is 30.3 Å². The third kappa shape index (κ3) is 2.07. The highest BCUT2D eigenvalue weighted by Crippen LogP contribution is 2.31. The molecule has 3 rings (SSSR count). The van der Waals surface area contributed by atoms with Gasteiger partial charge in [0.1, 0.15) is 0 Å². The molecule has 0 fully saturated rings. The summed E-state index contributed by atoms with van der Waals surface area (Å²) in [5.74, 6) is 0. The lowest BCUT2D eigenvalue weighted by Crippen LogP contribution is -1.84. The molecule has 0 atom stereocenters. The summed E-state index contributed by atoms with van der Waals surface area (Å²) in [4.78, 5) is 4.43. The summed E-state index contributed by atoms with van der Waals surface area (Å²) >= 11 is 12.2. The molecule has 0 saturated carbocycles. The van der Waals surface area contributed by atoms with Crippen LogP contribution >= 0.6 is 23.2 Å². The Bertz CT molecular complexity index is 723. The van der Waals surface area contributed by atoms with Gasteiger partial charge in [0.25, 0.3) is 0 Å². The second-order valence-corrected chi connectivity index (χ2v) is 4.88. The molecule has 1 heterocycles. The number of nitrogens with zero attached hydrogens (tertiary/aromatic N) is 1. The molecule has 2 aromatic carbocycles. The molecule has 0 bridgehead atoms. The fraction of sp³-hybridized carbons (Fsp3) is 0. The average molecular weight is 274 g/mol. The van der Waals surface area contributed by atoms with Crippen molar-refractivity contribution in [2.45, 2.75) is 0 Å². The largest absolute Gasteiger partial charge is 0.256 e. The van der Waals surface area contributed by atoms with Gasteiger partial charge in [0.2, 0.25) is 0 Å². The maximum absolute atomic E-state index is 6.20. The van der Waals surface area contributed by atoms with E-state index >= 15 is 0 Å². The van der Waals surface area contributed by atoms with Gasteiger partial charge >= 0.3 is 0 Å². The van der Waals surface area contributed by atoms with Crippen LogP contribution in [0.4, 0.5) is 0 Å². The number of hydrogen-bond acceptors (Lipinski definition) is 1. The predicted molar refractivity (Wildman–Crippen MR) is 77.2 cm³/mol. The molecular weight excluding hydrogens is 265 g/mol. The Labute approximate surface area is 115 Å². The van der Waals surface area contributed by atoms with E-state index in [-0.39, 0.29) is 0 Å². The van der Waals surface area contributed by atoms with Gasteiger partial charge in [-0.1, -0.05) is 41.4 Å². The molecule has 0 aliphatic rings. The Morgan fingerprint density at radius 2 is 1.72 bits per heavy atom. The predicted octanol–water partition coefficient (Wildman–Crippen LogP) is 5.21. The van der Waals surface area contributed by atoms with Crippen molar-refractivity contribution in [1.82, 2.24) is 4.98 Å². The number of para-hydroxylation sites is 1. The van der Waals surface area contributed by atoms with E-state index in [9.17, 15) is 0 Å². The number of fused-ring (bicyclic) bond motifs is 1. The lowest BCUT2D eigenvalue weighted by Gasteiger charge is -2.06. The summed E-state index contributed by atoms with van der Waals surface area (Å²) < 4.78 is 0. The van der Waals surface area contributed by atoms with Gasteiger partial charge in [-0.25, -0.2) is 0 Å². The van der Waals surface area contributed by atoms with Crippen molar-refractivity contribution in [3.63, 3.8) is 0 Å². The van der Waals surface area contributed by atoms with Crippen LogP contribution in [0.5, 0.6) is 0 Å². The first-order valence-corrected chi connectivity index (χ1v) is 6.30. The van der Waals surface area contributed by atoms with E-state index in [2.05, 4.69) is 11.1 Å². The van der Waals surface area contributed by atoms with E-state index in [1.165, 1.54) is 0 Å². The zero-order chi connectivity index (χ0) is 12.5. The van der Waals surface area contributed by atoms with Crippen LogP contribution < -0.4 is 0 Å².